The summed E-state index contributed by atoms with van der Waals surface area (Å²) in [4.78, 5) is 38.4. The number of alkyl carbamates (subject to hydrolysis) is 1. The number of ether oxygens (including phenoxy) is 3. The highest BCUT2D eigenvalue weighted by Gasteiger charge is 2.25. The van der Waals surface area contributed by atoms with Gasteiger partial charge >= 0.3 is 6.09 Å². The van der Waals surface area contributed by atoms with Gasteiger partial charge in [0.25, 0.3) is 17.4 Å². The van der Waals surface area contributed by atoms with Gasteiger partial charge in [-0.05, 0) is 0 Å². The molecule has 1 N–H and O–H groups in total. The highest BCUT2D eigenvalue weighted by atomic mass is 16.6. The first-order valence-corrected chi connectivity index (χ1v) is 7.84. The van der Waals surface area contributed by atoms with Crippen LogP contribution in [-0.4, -0.2) is 74.5 Å². The summed E-state index contributed by atoms with van der Waals surface area (Å²) in [7, 11) is 0. The van der Waals surface area contributed by atoms with Gasteiger partial charge in [-0.2, -0.15) is 0 Å². The molecule has 0 spiro atoms. The van der Waals surface area contributed by atoms with Gasteiger partial charge in [0.2, 0.25) is 0 Å². The first kappa shape index (κ1) is 20.6. The van der Waals surface area contributed by atoms with Crippen molar-refractivity contribution in [2.45, 2.75) is 19.4 Å². The van der Waals surface area contributed by atoms with E-state index in [0.717, 1.165) is 4.90 Å². The van der Waals surface area contributed by atoms with E-state index in [1.807, 2.05) is 0 Å². The van der Waals surface area contributed by atoms with Crippen molar-refractivity contribution in [1.82, 2.24) is 10.2 Å². The van der Waals surface area contributed by atoms with Crippen LogP contribution in [0.2, 0.25) is 0 Å². The van der Waals surface area contributed by atoms with Gasteiger partial charge in [0.15, 0.2) is 6.61 Å². The molecule has 0 bridgehead atoms. The standard InChI is InChI=1S/C16H23N3O6/c1-16(2,17-3)12-25-15(22)18-6-8-23-10-11-24-9-7-19-13(20)4-5-14(19)21/h4-5H,6-12H2,1-2H3,(H,18,22). The number of rotatable bonds is 11. The van der Waals surface area contributed by atoms with E-state index in [0.29, 0.717) is 13.2 Å². The summed E-state index contributed by atoms with van der Waals surface area (Å²) < 4.78 is 15.4. The Balaban J connectivity index is 1.92. The zero-order chi connectivity index (χ0) is 18.7. The van der Waals surface area contributed by atoms with Crippen molar-refractivity contribution >= 4 is 17.9 Å². The first-order valence-electron chi connectivity index (χ1n) is 7.84. The van der Waals surface area contributed by atoms with Gasteiger partial charge in [0.1, 0.15) is 0 Å². The average molecular weight is 353 g/mol. The number of nitrogens with one attached hydrogen (secondary N) is 1. The molecule has 1 rings (SSSR count). The third-order valence-corrected chi connectivity index (χ3v) is 3.11. The van der Waals surface area contributed by atoms with Crippen LogP contribution >= 0.6 is 0 Å². The van der Waals surface area contributed by atoms with Crippen LogP contribution in [0.5, 0.6) is 0 Å². The molecule has 0 atom stereocenters. The minimum absolute atomic E-state index is 0.0224. The Morgan fingerprint density at radius 2 is 1.76 bits per heavy atom. The number of carbonyl (C=O) groups is 3. The van der Waals surface area contributed by atoms with Gasteiger partial charge < -0.3 is 24.4 Å². The van der Waals surface area contributed by atoms with Crippen molar-refractivity contribution in [2.75, 3.05) is 46.1 Å². The topological polar surface area (TPSA) is 98.5 Å². The minimum Gasteiger partial charge on any atom is -0.441 e. The molecule has 0 saturated heterocycles. The molecule has 3 amide bonds. The Bertz CT molecular complexity index is 535. The molecule has 1 heterocycles. The fraction of sp³-hybridized carbons (Fsp3) is 0.625. The van der Waals surface area contributed by atoms with E-state index in [4.69, 9.17) is 20.8 Å². The lowest BCUT2D eigenvalue weighted by atomic mass is 10.1. The summed E-state index contributed by atoms with van der Waals surface area (Å²) in [6, 6.07) is 0. The number of carbonyl (C=O) groups excluding carboxylic acids is 3. The van der Waals surface area contributed by atoms with Crippen molar-refractivity contribution in [3.05, 3.63) is 23.6 Å². The predicted octanol–water partition coefficient (Wildman–Crippen LogP) is 0.369. The third-order valence-electron chi connectivity index (χ3n) is 3.11. The molecular formula is C16H23N3O6. The second kappa shape index (κ2) is 10.4. The van der Waals surface area contributed by atoms with Crippen molar-refractivity contribution in [1.29, 1.82) is 0 Å². The summed E-state index contributed by atoms with van der Waals surface area (Å²) in [5.41, 5.74) is -0.731. The molecule has 138 valence electrons. The SMILES string of the molecule is [C-]#[N+]C(C)(C)COC(=O)NCCOCCOCCN1C(=O)C=CC1=O. The maximum absolute atomic E-state index is 11.4. The Kier molecular flexibility index (Phi) is 8.60. The van der Waals surface area contributed by atoms with E-state index in [1.54, 1.807) is 13.8 Å². The van der Waals surface area contributed by atoms with E-state index in [2.05, 4.69) is 10.2 Å². The Hall–Kier alpha value is -2.44. The van der Waals surface area contributed by atoms with Crippen LogP contribution in [0.3, 0.4) is 0 Å². The predicted molar refractivity (Wildman–Crippen MR) is 87.5 cm³/mol. The van der Waals surface area contributed by atoms with E-state index in [-0.39, 0.29) is 44.7 Å². The molecule has 0 aromatic carbocycles. The molecular weight excluding hydrogens is 330 g/mol. The zero-order valence-electron chi connectivity index (χ0n) is 14.4. The summed E-state index contributed by atoms with van der Waals surface area (Å²) >= 11 is 0. The Morgan fingerprint density at radius 1 is 1.16 bits per heavy atom. The molecule has 0 saturated carbocycles. The lowest BCUT2D eigenvalue weighted by molar-refractivity contribution is -0.137. The highest BCUT2D eigenvalue weighted by Crippen LogP contribution is 2.08. The monoisotopic (exact) mass is 353 g/mol. The van der Waals surface area contributed by atoms with Crippen LogP contribution in [-0.2, 0) is 23.8 Å². The Morgan fingerprint density at radius 3 is 2.36 bits per heavy atom. The summed E-state index contributed by atoms with van der Waals surface area (Å²) in [5.74, 6) is -0.662. The number of hydrogen-bond donors (Lipinski definition) is 1. The molecule has 9 heteroatoms. The summed E-state index contributed by atoms with van der Waals surface area (Å²) in [5, 5.41) is 2.51. The lowest BCUT2D eigenvalue weighted by Crippen LogP contribution is -2.33. The van der Waals surface area contributed by atoms with Crippen LogP contribution < -0.4 is 5.32 Å². The van der Waals surface area contributed by atoms with Crippen molar-refractivity contribution in [2.24, 2.45) is 0 Å². The van der Waals surface area contributed by atoms with Crippen molar-refractivity contribution < 1.29 is 28.6 Å². The Labute approximate surface area is 146 Å². The fourth-order valence-corrected chi connectivity index (χ4v) is 1.68. The molecule has 0 radical (unpaired) electrons. The average Bonchev–Trinajstić information content (AvgIpc) is 2.90. The molecule has 9 nitrogen and oxygen atoms in total. The molecule has 0 aromatic rings. The molecule has 1 aliphatic rings. The van der Waals surface area contributed by atoms with E-state index in [9.17, 15) is 14.4 Å². The molecule has 0 aromatic heterocycles. The van der Waals surface area contributed by atoms with Crippen LogP contribution in [0.25, 0.3) is 4.85 Å². The maximum atomic E-state index is 11.4. The normalized spacial score (nSPS) is 13.9. The summed E-state index contributed by atoms with van der Waals surface area (Å²) in [6.07, 6.45) is 1.86. The van der Waals surface area contributed by atoms with E-state index < -0.39 is 11.6 Å². The van der Waals surface area contributed by atoms with E-state index in [1.165, 1.54) is 12.2 Å². The van der Waals surface area contributed by atoms with Gasteiger partial charge in [-0.3, -0.25) is 14.5 Å². The highest BCUT2D eigenvalue weighted by molar-refractivity contribution is 6.12. The van der Waals surface area contributed by atoms with Gasteiger partial charge in [0.05, 0.1) is 33.0 Å². The van der Waals surface area contributed by atoms with Crippen LogP contribution in [0, 0.1) is 6.57 Å². The number of imide groups is 1. The quantitative estimate of drug-likeness (QED) is 0.327. The fourth-order valence-electron chi connectivity index (χ4n) is 1.68. The van der Waals surface area contributed by atoms with Gasteiger partial charge in [-0.25, -0.2) is 11.4 Å². The van der Waals surface area contributed by atoms with E-state index >= 15 is 0 Å². The molecule has 1 aliphatic heterocycles. The molecule has 0 unspecified atom stereocenters. The van der Waals surface area contributed by atoms with Gasteiger partial charge in [0, 0.05) is 32.5 Å². The first-order chi connectivity index (χ1) is 11.9. The summed E-state index contributed by atoms with van der Waals surface area (Å²) in [6.45, 7) is 12.0. The number of hydrogen-bond acceptors (Lipinski definition) is 6. The number of amides is 3. The minimum atomic E-state index is -0.731. The van der Waals surface area contributed by atoms with Crippen LogP contribution in [0.1, 0.15) is 13.8 Å². The maximum Gasteiger partial charge on any atom is 0.407 e. The van der Waals surface area contributed by atoms with Crippen molar-refractivity contribution in [3.63, 3.8) is 0 Å². The molecule has 0 fully saturated rings. The van der Waals surface area contributed by atoms with Gasteiger partial charge in [-0.15, -0.1) is 0 Å². The lowest BCUT2D eigenvalue weighted by Gasteiger charge is -2.13. The second-order valence-corrected chi connectivity index (χ2v) is 5.81. The molecule has 25 heavy (non-hydrogen) atoms. The van der Waals surface area contributed by atoms with Crippen LogP contribution in [0.4, 0.5) is 4.79 Å². The smallest absolute Gasteiger partial charge is 0.407 e. The largest absolute Gasteiger partial charge is 0.441 e. The number of nitrogens with zero attached hydrogens (tertiary/aromatic N) is 2. The van der Waals surface area contributed by atoms with Crippen LogP contribution in [0.15, 0.2) is 12.2 Å². The second-order valence-electron chi connectivity index (χ2n) is 5.81. The van der Waals surface area contributed by atoms with Crippen molar-refractivity contribution in [3.8, 4) is 0 Å². The third kappa shape index (κ3) is 8.28. The molecule has 0 aliphatic carbocycles. The zero-order valence-corrected chi connectivity index (χ0v) is 14.4. The van der Waals surface area contributed by atoms with Gasteiger partial charge in [-0.1, -0.05) is 0 Å².